The van der Waals surface area contributed by atoms with E-state index in [1.165, 1.54) is 17.2 Å². The topological polar surface area (TPSA) is 122 Å². The Balaban J connectivity index is 1.95. The van der Waals surface area contributed by atoms with Gasteiger partial charge in [0.15, 0.2) is 18.0 Å². The molecular formula is C11H12FN7O2. The molecule has 1 fully saturated rings. The van der Waals surface area contributed by atoms with Crippen molar-refractivity contribution >= 4 is 11.2 Å². The van der Waals surface area contributed by atoms with Gasteiger partial charge in [-0.15, -0.1) is 0 Å². The molecule has 0 unspecified atom stereocenters. The summed E-state index contributed by atoms with van der Waals surface area (Å²) in [6, 6.07) is 0. The van der Waals surface area contributed by atoms with E-state index < -0.39 is 24.6 Å². The van der Waals surface area contributed by atoms with Crippen LogP contribution in [0.5, 0.6) is 0 Å². The number of fused-ring (bicyclic) bond motifs is 1. The van der Waals surface area contributed by atoms with Crippen LogP contribution in [-0.4, -0.2) is 49.5 Å². The maximum atomic E-state index is 14.2. The summed E-state index contributed by atoms with van der Waals surface area (Å²) < 4.78 is 21.1. The lowest BCUT2D eigenvalue weighted by atomic mass is 10.1. The van der Waals surface area contributed by atoms with Gasteiger partial charge >= 0.3 is 0 Å². The number of halogens is 1. The Morgan fingerprint density at radius 2 is 2.33 bits per heavy atom. The molecule has 0 radical (unpaired) electrons. The highest BCUT2D eigenvalue weighted by Crippen LogP contribution is 2.33. The van der Waals surface area contributed by atoms with Crippen LogP contribution in [0.15, 0.2) is 17.8 Å². The predicted octanol–water partition coefficient (Wildman–Crippen LogP) is 1.04. The molecule has 9 nitrogen and oxygen atoms in total. The molecular weight excluding hydrogens is 281 g/mol. The van der Waals surface area contributed by atoms with E-state index in [2.05, 4.69) is 25.0 Å². The van der Waals surface area contributed by atoms with Crippen LogP contribution in [0.1, 0.15) is 11.9 Å². The van der Waals surface area contributed by atoms with Crippen LogP contribution >= 0.6 is 0 Å². The first-order chi connectivity index (χ1) is 10.1. The molecule has 0 aliphatic carbocycles. The molecule has 10 heteroatoms. The third-order valence-electron chi connectivity index (χ3n) is 3.43. The van der Waals surface area contributed by atoms with Gasteiger partial charge in [-0.1, -0.05) is 5.11 Å². The second kappa shape index (κ2) is 5.24. The summed E-state index contributed by atoms with van der Waals surface area (Å²) in [6.45, 7) is 1.62. The van der Waals surface area contributed by atoms with Crippen LogP contribution in [0.25, 0.3) is 21.6 Å². The molecule has 0 amide bonds. The van der Waals surface area contributed by atoms with Gasteiger partial charge in [-0.3, -0.25) is 4.57 Å². The Morgan fingerprint density at radius 1 is 1.52 bits per heavy atom. The van der Waals surface area contributed by atoms with Crippen molar-refractivity contribution in [3.8, 4) is 0 Å². The number of imidazole rings is 1. The van der Waals surface area contributed by atoms with E-state index in [1.54, 1.807) is 6.92 Å². The third-order valence-corrected chi connectivity index (χ3v) is 3.43. The Bertz CT molecular complexity index is 714. The van der Waals surface area contributed by atoms with E-state index in [9.17, 15) is 9.50 Å². The average molecular weight is 293 g/mol. The Kier molecular flexibility index (Phi) is 3.42. The third kappa shape index (κ3) is 2.19. The van der Waals surface area contributed by atoms with Crippen molar-refractivity contribution in [1.29, 1.82) is 0 Å². The molecule has 2 aromatic heterocycles. The minimum atomic E-state index is -1.67. The van der Waals surface area contributed by atoms with Crippen molar-refractivity contribution in [3.05, 3.63) is 28.8 Å². The zero-order chi connectivity index (χ0) is 15.0. The first kappa shape index (κ1) is 13.7. The van der Waals surface area contributed by atoms with Crippen molar-refractivity contribution < 1.29 is 14.2 Å². The Labute approximate surface area is 118 Å². The lowest BCUT2D eigenvalue weighted by Crippen LogP contribution is -2.30. The molecule has 3 rings (SSSR count). The fourth-order valence-corrected chi connectivity index (χ4v) is 2.35. The summed E-state index contributed by atoms with van der Waals surface area (Å²) in [5, 5.41) is 13.1. The molecule has 21 heavy (non-hydrogen) atoms. The molecule has 3 heterocycles. The molecule has 0 bridgehead atoms. The highest BCUT2D eigenvalue weighted by molar-refractivity contribution is 5.72. The lowest BCUT2D eigenvalue weighted by Gasteiger charge is -2.14. The van der Waals surface area contributed by atoms with Crippen LogP contribution in [0.3, 0.4) is 0 Å². The number of rotatable bonds is 3. The maximum Gasteiger partial charge on any atom is 0.173 e. The van der Waals surface area contributed by atoms with Gasteiger partial charge in [0, 0.05) is 4.91 Å². The van der Waals surface area contributed by atoms with Crippen LogP contribution in [0.2, 0.25) is 0 Å². The monoisotopic (exact) mass is 293 g/mol. The molecule has 0 spiro atoms. The molecule has 110 valence electrons. The predicted molar refractivity (Wildman–Crippen MR) is 68.9 cm³/mol. The zero-order valence-electron chi connectivity index (χ0n) is 11.0. The highest BCUT2D eigenvalue weighted by Gasteiger charge is 2.45. The minimum absolute atomic E-state index is 0.144. The fraction of sp³-hybridized carbons (Fsp3) is 0.545. The molecule has 4 atom stereocenters. The quantitative estimate of drug-likeness (QED) is 0.514. The zero-order valence-corrected chi connectivity index (χ0v) is 11.0. The van der Waals surface area contributed by atoms with Gasteiger partial charge in [-0.25, -0.2) is 19.3 Å². The molecule has 1 aliphatic heterocycles. The summed E-state index contributed by atoms with van der Waals surface area (Å²) in [4.78, 5) is 14.8. The SMILES string of the molecule is Cc1ncnc2c1ncn2[C@@H]1O[C@H](CN=[N+]=[N-])[C@@H](O)[C@H]1F. The summed E-state index contributed by atoms with van der Waals surface area (Å²) in [5.74, 6) is 0. The van der Waals surface area contributed by atoms with Crippen LogP contribution in [0.4, 0.5) is 4.39 Å². The van der Waals surface area contributed by atoms with E-state index >= 15 is 0 Å². The van der Waals surface area contributed by atoms with Gasteiger partial charge in [-0.2, -0.15) is 0 Å². The average Bonchev–Trinajstić information content (AvgIpc) is 3.02. The van der Waals surface area contributed by atoms with E-state index in [-0.39, 0.29) is 6.54 Å². The Morgan fingerprint density at radius 3 is 3.10 bits per heavy atom. The number of ether oxygens (including phenoxy) is 1. The van der Waals surface area contributed by atoms with E-state index in [1.807, 2.05) is 0 Å². The number of aliphatic hydroxyl groups excluding tert-OH is 1. The standard InChI is InChI=1S/C11H12FN7O2/c1-5-8-10(15-3-14-5)19(4-16-8)11-7(12)9(20)6(21-11)2-17-18-13/h3-4,6-7,9,11,20H,2H2,1H3/t6-,7-,9-,11-/m1/s1. The highest BCUT2D eigenvalue weighted by atomic mass is 19.1. The molecule has 1 saturated heterocycles. The second-order valence-corrected chi connectivity index (χ2v) is 4.70. The molecule has 1 aliphatic rings. The van der Waals surface area contributed by atoms with Gasteiger partial charge < -0.3 is 9.84 Å². The molecule has 1 N–H and O–H groups in total. The number of hydrogen-bond acceptors (Lipinski definition) is 6. The van der Waals surface area contributed by atoms with Crippen LogP contribution in [0, 0.1) is 6.92 Å². The summed E-state index contributed by atoms with van der Waals surface area (Å²) in [7, 11) is 0. The fourth-order valence-electron chi connectivity index (χ4n) is 2.35. The van der Waals surface area contributed by atoms with Gasteiger partial charge in [0.1, 0.15) is 17.9 Å². The number of alkyl halides is 1. The first-order valence-corrected chi connectivity index (χ1v) is 6.26. The van der Waals surface area contributed by atoms with E-state index in [0.29, 0.717) is 16.9 Å². The number of hydrogen-bond donors (Lipinski definition) is 1. The van der Waals surface area contributed by atoms with Crippen molar-refractivity contribution in [2.24, 2.45) is 5.11 Å². The maximum absolute atomic E-state index is 14.2. The Hall–Kier alpha value is -2.29. The van der Waals surface area contributed by atoms with Crippen molar-refractivity contribution in [2.45, 2.75) is 31.5 Å². The normalized spacial score (nSPS) is 28.7. The molecule has 2 aromatic rings. The van der Waals surface area contributed by atoms with Gasteiger partial charge in [-0.05, 0) is 12.5 Å². The summed E-state index contributed by atoms with van der Waals surface area (Å²) in [5.41, 5.74) is 9.93. The number of aryl methyl sites for hydroxylation is 1. The van der Waals surface area contributed by atoms with Gasteiger partial charge in [0.2, 0.25) is 0 Å². The second-order valence-electron chi connectivity index (χ2n) is 4.70. The van der Waals surface area contributed by atoms with Gasteiger partial charge in [0.05, 0.1) is 24.7 Å². The van der Waals surface area contributed by atoms with Crippen LogP contribution in [-0.2, 0) is 4.74 Å². The largest absolute Gasteiger partial charge is 0.387 e. The van der Waals surface area contributed by atoms with Crippen LogP contribution < -0.4 is 0 Å². The molecule has 0 aromatic carbocycles. The van der Waals surface area contributed by atoms with Crippen molar-refractivity contribution in [3.63, 3.8) is 0 Å². The number of azide groups is 1. The first-order valence-electron chi connectivity index (χ1n) is 6.26. The lowest BCUT2D eigenvalue weighted by molar-refractivity contribution is -0.0179. The smallest absolute Gasteiger partial charge is 0.173 e. The summed E-state index contributed by atoms with van der Waals surface area (Å²) in [6.07, 6.45) is -2.27. The summed E-state index contributed by atoms with van der Waals surface area (Å²) >= 11 is 0. The number of nitrogens with zero attached hydrogens (tertiary/aromatic N) is 7. The number of aromatic nitrogens is 4. The van der Waals surface area contributed by atoms with Crippen molar-refractivity contribution in [2.75, 3.05) is 6.54 Å². The van der Waals surface area contributed by atoms with E-state index in [4.69, 9.17) is 10.3 Å². The van der Waals surface area contributed by atoms with Crippen molar-refractivity contribution in [1.82, 2.24) is 19.5 Å². The number of aliphatic hydroxyl groups is 1. The minimum Gasteiger partial charge on any atom is -0.387 e. The molecule has 0 saturated carbocycles. The van der Waals surface area contributed by atoms with Gasteiger partial charge in [0.25, 0.3) is 0 Å². The van der Waals surface area contributed by atoms with E-state index in [0.717, 1.165) is 0 Å².